The highest BCUT2D eigenvalue weighted by atomic mass is 16.5. The molecule has 0 unspecified atom stereocenters. The molecule has 0 aliphatic carbocycles. The number of anilines is 3. The van der Waals surface area contributed by atoms with Gasteiger partial charge in [-0.05, 0) is 122 Å². The van der Waals surface area contributed by atoms with Crippen molar-refractivity contribution in [3.05, 3.63) is 198 Å². The Morgan fingerprint density at radius 1 is 0.507 bits per heavy atom. The molecule has 9 aromatic rings. The van der Waals surface area contributed by atoms with Gasteiger partial charge < -0.3 is 14.5 Å². The van der Waals surface area contributed by atoms with Gasteiger partial charge in [0, 0.05) is 41.3 Å². The summed E-state index contributed by atoms with van der Waals surface area (Å²) in [6.45, 7) is 22.3. The Kier molecular flexibility index (Phi) is 11.1. The third-order valence-electron chi connectivity index (χ3n) is 13.5. The van der Waals surface area contributed by atoms with E-state index in [0.29, 0.717) is 0 Å². The largest absolute Gasteiger partial charge is 0.457 e. The maximum Gasteiger partial charge on any atom is 0.138 e. The Bertz CT molecular complexity index is 3270. The van der Waals surface area contributed by atoms with Crippen LogP contribution in [-0.2, 0) is 22.7 Å². The second-order valence-electron chi connectivity index (χ2n) is 21.4. The first-order valence-electron chi connectivity index (χ1n) is 23.8. The van der Waals surface area contributed by atoms with E-state index in [2.05, 4.69) is 247 Å². The van der Waals surface area contributed by atoms with Gasteiger partial charge in [-0.2, -0.15) is 0 Å². The average Bonchev–Trinajstić information content (AvgIpc) is 3.85. The second-order valence-corrected chi connectivity index (χ2v) is 21.4. The van der Waals surface area contributed by atoms with E-state index in [1.54, 1.807) is 0 Å². The summed E-state index contributed by atoms with van der Waals surface area (Å²) in [6.07, 6.45) is 2.88. The highest BCUT2D eigenvalue weighted by Crippen LogP contribution is 2.43. The number of pyridine rings is 1. The second kappa shape index (κ2) is 17.0. The van der Waals surface area contributed by atoms with E-state index in [0.717, 1.165) is 64.6 Å². The molecule has 0 saturated heterocycles. The quantitative estimate of drug-likeness (QED) is 0.145. The lowest BCUT2D eigenvalue weighted by atomic mass is 9.77. The van der Waals surface area contributed by atoms with E-state index in [1.165, 1.54) is 55.7 Å². The molecule has 2 aromatic heterocycles. The van der Waals surface area contributed by atoms with E-state index in [9.17, 15) is 0 Å². The summed E-state index contributed by atoms with van der Waals surface area (Å²) in [5, 5.41) is 2.34. The van der Waals surface area contributed by atoms with Crippen molar-refractivity contribution in [2.45, 2.75) is 85.0 Å². The monoisotopic (exact) mass is 878 g/mol. The van der Waals surface area contributed by atoms with E-state index < -0.39 is 0 Å². The van der Waals surface area contributed by atoms with Gasteiger partial charge in [-0.25, -0.2) is 4.98 Å². The molecule has 0 amide bonds. The van der Waals surface area contributed by atoms with Gasteiger partial charge in [0.15, 0.2) is 0 Å². The van der Waals surface area contributed by atoms with E-state index in [4.69, 9.17) is 9.72 Å². The van der Waals surface area contributed by atoms with Crippen LogP contribution in [0.25, 0.3) is 49.9 Å². The molecule has 0 N–H and O–H groups in total. The normalized spacial score (nSPS) is 13.1. The van der Waals surface area contributed by atoms with E-state index in [1.807, 2.05) is 6.20 Å². The van der Waals surface area contributed by atoms with Crippen molar-refractivity contribution in [3.8, 4) is 39.6 Å². The third kappa shape index (κ3) is 8.60. The highest BCUT2D eigenvalue weighted by molar-refractivity contribution is 6.09. The molecule has 5 heteroatoms. The average molecular weight is 879 g/mol. The van der Waals surface area contributed by atoms with Crippen molar-refractivity contribution in [1.82, 2.24) is 9.55 Å². The first kappa shape index (κ1) is 43.8. The molecule has 0 bridgehead atoms. The van der Waals surface area contributed by atoms with Crippen LogP contribution < -0.4 is 14.5 Å². The van der Waals surface area contributed by atoms with Gasteiger partial charge >= 0.3 is 0 Å². The number of rotatable bonds is 9. The zero-order valence-corrected chi connectivity index (χ0v) is 40.6. The number of para-hydroxylation sites is 3. The highest BCUT2D eigenvalue weighted by Gasteiger charge is 2.28. The minimum absolute atomic E-state index is 0.0411. The number of hydrogen-bond acceptors (Lipinski definition) is 4. The maximum atomic E-state index is 6.79. The minimum Gasteiger partial charge on any atom is -0.457 e. The summed E-state index contributed by atoms with van der Waals surface area (Å²) in [5.74, 6) is 2.43. The molecular weight excluding hydrogens is 817 g/mol. The van der Waals surface area contributed by atoms with E-state index in [-0.39, 0.29) is 16.2 Å². The van der Waals surface area contributed by atoms with Gasteiger partial charge in [0.05, 0.1) is 29.1 Å². The van der Waals surface area contributed by atoms with Gasteiger partial charge in [0.2, 0.25) is 0 Å². The predicted octanol–water partition coefficient (Wildman–Crippen LogP) is 16.4. The molecule has 0 atom stereocenters. The summed E-state index contributed by atoms with van der Waals surface area (Å²) in [7, 11) is 0. The summed E-state index contributed by atoms with van der Waals surface area (Å²) < 4.78 is 9.08. The fourth-order valence-electron chi connectivity index (χ4n) is 9.80. The van der Waals surface area contributed by atoms with Crippen LogP contribution in [0.5, 0.6) is 11.5 Å². The molecule has 1 aliphatic heterocycles. The zero-order chi connectivity index (χ0) is 46.7. The van der Waals surface area contributed by atoms with Crippen molar-refractivity contribution in [3.63, 3.8) is 0 Å². The van der Waals surface area contributed by atoms with Crippen LogP contribution in [0.3, 0.4) is 0 Å². The predicted molar refractivity (Wildman–Crippen MR) is 283 cm³/mol. The Hall–Kier alpha value is -7.11. The Morgan fingerprint density at radius 3 is 1.97 bits per heavy atom. The smallest absolute Gasteiger partial charge is 0.138 e. The van der Waals surface area contributed by atoms with Crippen LogP contribution in [0.15, 0.2) is 176 Å². The number of benzene rings is 7. The number of fused-ring (bicyclic) bond motifs is 4. The van der Waals surface area contributed by atoms with Gasteiger partial charge in [-0.1, -0.05) is 165 Å². The number of aromatic nitrogens is 2. The van der Waals surface area contributed by atoms with Crippen molar-refractivity contribution >= 4 is 38.9 Å². The van der Waals surface area contributed by atoms with Crippen LogP contribution in [-0.4, -0.2) is 22.8 Å². The molecule has 5 nitrogen and oxygen atoms in total. The summed E-state index contributed by atoms with van der Waals surface area (Å²) in [6, 6.07) is 61.6. The van der Waals surface area contributed by atoms with Gasteiger partial charge in [0.25, 0.3) is 0 Å². The molecule has 10 rings (SSSR count). The number of nitrogens with zero attached hydrogens (tertiary/aromatic N) is 4. The maximum absolute atomic E-state index is 6.79. The molecule has 3 heterocycles. The first-order valence-corrected chi connectivity index (χ1v) is 23.8. The minimum atomic E-state index is -0.0411. The SMILES string of the molecule is CC(C)(C)c1ccc(CCN2CN(c3cccc(Oc4ccc5c6ccccc6n(-c6cc(-c7ccc(C(C)(C)C)cc7C(C)(C)C)ccn6)c5c4)c3)c3ccccc32)c(-c2ccccc2)c1. The molecule has 67 heavy (non-hydrogen) atoms. The Morgan fingerprint density at radius 2 is 1.19 bits per heavy atom. The van der Waals surface area contributed by atoms with Crippen molar-refractivity contribution < 1.29 is 4.74 Å². The Balaban J connectivity index is 0.946. The number of ether oxygens (including phenoxy) is 1. The van der Waals surface area contributed by atoms with Crippen molar-refractivity contribution in [2.24, 2.45) is 0 Å². The zero-order valence-electron chi connectivity index (χ0n) is 40.6. The summed E-state index contributed by atoms with van der Waals surface area (Å²) in [5.41, 5.74) is 16.2. The lowest BCUT2D eigenvalue weighted by molar-refractivity contribution is 0.483. The van der Waals surface area contributed by atoms with Gasteiger partial charge in [0.1, 0.15) is 17.3 Å². The molecular formula is C62H62N4O. The number of hydrogen-bond donors (Lipinski definition) is 0. The molecule has 0 radical (unpaired) electrons. The molecule has 0 fully saturated rings. The third-order valence-corrected chi connectivity index (χ3v) is 13.5. The molecule has 7 aromatic carbocycles. The molecule has 0 spiro atoms. The topological polar surface area (TPSA) is 33.5 Å². The van der Waals surface area contributed by atoms with Crippen LogP contribution in [0.2, 0.25) is 0 Å². The summed E-state index contributed by atoms with van der Waals surface area (Å²) >= 11 is 0. The standard InChI is InChI=1S/C62H62N4O/c1-60(2,3)45-27-26-43(53(37-45)42-18-11-10-12-19-42)33-35-64-41-65(57-25-16-15-24-56(57)64)47-20-17-21-48(39-47)67-49-29-31-52-51-22-13-14-23-55(51)66(58(52)40-49)59-36-44(32-34-63-59)50-30-28-46(61(4,5)6)38-54(50)62(7,8)9/h10-32,34,36-40H,33,35,41H2,1-9H3. The molecule has 1 aliphatic rings. The van der Waals surface area contributed by atoms with Crippen LogP contribution in [0, 0.1) is 0 Å². The van der Waals surface area contributed by atoms with Crippen LogP contribution in [0.1, 0.15) is 84.6 Å². The summed E-state index contributed by atoms with van der Waals surface area (Å²) in [4.78, 5) is 9.94. The van der Waals surface area contributed by atoms with Gasteiger partial charge in [-0.3, -0.25) is 4.57 Å². The first-order chi connectivity index (χ1) is 32.1. The Labute approximate surface area is 397 Å². The molecule has 336 valence electrons. The van der Waals surface area contributed by atoms with Crippen LogP contribution >= 0.6 is 0 Å². The fraction of sp³-hybridized carbons (Fsp3) is 0.242. The lowest BCUT2D eigenvalue weighted by Crippen LogP contribution is -2.29. The van der Waals surface area contributed by atoms with E-state index >= 15 is 0 Å². The van der Waals surface area contributed by atoms with Gasteiger partial charge in [-0.15, -0.1) is 0 Å². The lowest BCUT2D eigenvalue weighted by Gasteiger charge is -2.27. The molecule has 0 saturated carbocycles. The van der Waals surface area contributed by atoms with Crippen LogP contribution in [0.4, 0.5) is 17.1 Å². The fourth-order valence-corrected chi connectivity index (χ4v) is 9.80. The van der Waals surface area contributed by atoms with Crippen molar-refractivity contribution in [1.29, 1.82) is 0 Å². The van der Waals surface area contributed by atoms with Crippen molar-refractivity contribution in [2.75, 3.05) is 23.0 Å².